The van der Waals surface area contributed by atoms with Crippen molar-refractivity contribution < 1.29 is 9.90 Å². The van der Waals surface area contributed by atoms with Gasteiger partial charge in [-0.05, 0) is 18.8 Å². The fourth-order valence-corrected chi connectivity index (χ4v) is 2.42. The van der Waals surface area contributed by atoms with Gasteiger partial charge in [-0.15, -0.1) is 0 Å². The summed E-state index contributed by atoms with van der Waals surface area (Å²) in [6.07, 6.45) is 1.72. The Labute approximate surface area is 71.3 Å². The summed E-state index contributed by atoms with van der Waals surface area (Å²) in [5.74, 6) is 0.782. The van der Waals surface area contributed by atoms with E-state index in [0.29, 0.717) is 12.5 Å². The molecule has 1 aliphatic heterocycles. The molecule has 2 fully saturated rings. The highest BCUT2D eigenvalue weighted by atomic mass is 16.3. The predicted octanol–water partition coefficient (Wildman–Crippen LogP) is -0.232. The molecule has 2 rings (SSSR count). The maximum absolute atomic E-state index is 10.8. The van der Waals surface area contributed by atoms with Gasteiger partial charge in [-0.2, -0.15) is 0 Å². The van der Waals surface area contributed by atoms with Gasteiger partial charge in [0, 0.05) is 19.0 Å². The van der Waals surface area contributed by atoms with Crippen LogP contribution in [0.1, 0.15) is 12.8 Å². The zero-order chi connectivity index (χ0) is 8.72. The molecule has 12 heavy (non-hydrogen) atoms. The molecule has 0 radical (unpaired) electrons. The van der Waals surface area contributed by atoms with Crippen LogP contribution in [0.4, 0.5) is 4.79 Å². The van der Waals surface area contributed by atoms with Crippen molar-refractivity contribution in [3.8, 4) is 0 Å². The zero-order valence-electron chi connectivity index (χ0n) is 6.94. The molecule has 0 aromatic rings. The largest absolute Gasteiger partial charge is 0.393 e. The van der Waals surface area contributed by atoms with Crippen LogP contribution in [0.15, 0.2) is 0 Å². The maximum atomic E-state index is 10.8. The second kappa shape index (κ2) is 2.62. The smallest absolute Gasteiger partial charge is 0.314 e. The van der Waals surface area contributed by atoms with Crippen LogP contribution < -0.4 is 5.73 Å². The molecule has 2 amide bonds. The topological polar surface area (TPSA) is 66.6 Å². The van der Waals surface area contributed by atoms with E-state index in [0.717, 1.165) is 19.4 Å². The number of aliphatic hydroxyl groups is 1. The lowest BCUT2D eigenvalue weighted by molar-refractivity contribution is 0.126. The van der Waals surface area contributed by atoms with Crippen molar-refractivity contribution in [2.24, 2.45) is 17.6 Å². The van der Waals surface area contributed by atoms with Crippen LogP contribution in [0.3, 0.4) is 0 Å². The maximum Gasteiger partial charge on any atom is 0.314 e. The van der Waals surface area contributed by atoms with Crippen molar-refractivity contribution in [2.45, 2.75) is 18.9 Å². The lowest BCUT2D eigenvalue weighted by Gasteiger charge is -2.15. The summed E-state index contributed by atoms with van der Waals surface area (Å²) in [5.41, 5.74) is 5.15. The minimum Gasteiger partial charge on any atom is -0.393 e. The Morgan fingerprint density at radius 3 is 2.75 bits per heavy atom. The monoisotopic (exact) mass is 170 g/mol. The van der Waals surface area contributed by atoms with Gasteiger partial charge < -0.3 is 15.7 Å². The summed E-state index contributed by atoms with van der Waals surface area (Å²) in [7, 11) is 0. The third-order valence-electron chi connectivity index (χ3n) is 3.13. The summed E-state index contributed by atoms with van der Waals surface area (Å²) in [5, 5.41) is 9.52. The average Bonchev–Trinajstić information content (AvgIpc) is 2.53. The van der Waals surface area contributed by atoms with Crippen molar-refractivity contribution >= 4 is 6.03 Å². The molecule has 68 valence electrons. The normalized spacial score (nSPS) is 40.1. The zero-order valence-corrected chi connectivity index (χ0v) is 6.94. The van der Waals surface area contributed by atoms with Crippen LogP contribution >= 0.6 is 0 Å². The fourth-order valence-electron chi connectivity index (χ4n) is 2.42. The van der Waals surface area contributed by atoms with Crippen molar-refractivity contribution in [2.75, 3.05) is 13.1 Å². The van der Waals surface area contributed by atoms with E-state index in [-0.39, 0.29) is 18.1 Å². The lowest BCUT2D eigenvalue weighted by Crippen LogP contribution is -2.35. The quantitative estimate of drug-likeness (QED) is 0.527. The number of nitrogens with two attached hydrogens (primary N) is 1. The van der Waals surface area contributed by atoms with Crippen molar-refractivity contribution in [1.29, 1.82) is 0 Å². The highest BCUT2D eigenvalue weighted by molar-refractivity contribution is 5.72. The first kappa shape index (κ1) is 7.86. The predicted molar refractivity (Wildman–Crippen MR) is 43.4 cm³/mol. The molecule has 1 saturated carbocycles. The van der Waals surface area contributed by atoms with Crippen LogP contribution in [0.2, 0.25) is 0 Å². The molecular weight excluding hydrogens is 156 g/mol. The van der Waals surface area contributed by atoms with Crippen LogP contribution in [0.25, 0.3) is 0 Å². The number of carbonyl (C=O) groups excluding carboxylic acids is 1. The molecule has 3 N–H and O–H groups in total. The van der Waals surface area contributed by atoms with Crippen molar-refractivity contribution in [3.63, 3.8) is 0 Å². The number of urea groups is 1. The van der Waals surface area contributed by atoms with E-state index >= 15 is 0 Å². The molecule has 0 aromatic heterocycles. The number of likely N-dealkylation sites (tertiary alicyclic amines) is 1. The van der Waals surface area contributed by atoms with E-state index in [4.69, 9.17) is 5.73 Å². The standard InChI is InChI=1S/C8H14N2O2/c9-8(12)10-3-5-1-2-7(11)6(5)4-10/h5-7,11H,1-4H2,(H2,9,12). The van der Waals surface area contributed by atoms with E-state index in [9.17, 15) is 9.90 Å². The Kier molecular flexibility index (Phi) is 1.72. The van der Waals surface area contributed by atoms with Gasteiger partial charge in [0.15, 0.2) is 0 Å². The SMILES string of the molecule is NC(=O)N1CC2CCC(O)C2C1. The minimum absolute atomic E-state index is 0.209. The van der Waals surface area contributed by atoms with Crippen LogP contribution in [0, 0.1) is 11.8 Å². The Morgan fingerprint density at radius 2 is 2.17 bits per heavy atom. The Balaban J connectivity index is 2.03. The number of carbonyl (C=O) groups is 1. The van der Waals surface area contributed by atoms with E-state index in [1.807, 2.05) is 0 Å². The second-order valence-corrected chi connectivity index (χ2v) is 3.81. The van der Waals surface area contributed by atoms with Crippen LogP contribution in [-0.2, 0) is 0 Å². The first-order chi connectivity index (χ1) is 5.68. The van der Waals surface area contributed by atoms with Gasteiger partial charge in [-0.1, -0.05) is 0 Å². The first-order valence-electron chi connectivity index (χ1n) is 4.41. The first-order valence-corrected chi connectivity index (χ1v) is 4.41. The number of aliphatic hydroxyl groups excluding tert-OH is 1. The molecule has 0 bridgehead atoms. The van der Waals surface area contributed by atoms with Gasteiger partial charge in [0.25, 0.3) is 0 Å². The van der Waals surface area contributed by atoms with Crippen LogP contribution in [0.5, 0.6) is 0 Å². The molecule has 3 atom stereocenters. The Bertz CT molecular complexity index is 207. The molecule has 1 saturated heterocycles. The minimum atomic E-state index is -0.350. The highest BCUT2D eigenvalue weighted by Gasteiger charge is 2.42. The average molecular weight is 170 g/mol. The Hall–Kier alpha value is -0.770. The number of amides is 2. The summed E-state index contributed by atoms with van der Waals surface area (Å²) < 4.78 is 0. The van der Waals surface area contributed by atoms with Crippen LogP contribution in [-0.4, -0.2) is 35.2 Å². The summed E-state index contributed by atoms with van der Waals surface area (Å²) in [6, 6.07) is -0.350. The number of fused-ring (bicyclic) bond motifs is 1. The summed E-state index contributed by atoms with van der Waals surface area (Å²) in [4.78, 5) is 12.4. The number of rotatable bonds is 0. The number of nitrogens with zero attached hydrogens (tertiary/aromatic N) is 1. The van der Waals surface area contributed by atoms with Crippen molar-refractivity contribution in [3.05, 3.63) is 0 Å². The van der Waals surface area contributed by atoms with Gasteiger partial charge in [-0.25, -0.2) is 4.79 Å². The molecule has 2 aliphatic rings. The molecule has 0 aromatic carbocycles. The molecule has 1 aliphatic carbocycles. The molecular formula is C8H14N2O2. The molecule has 4 heteroatoms. The second-order valence-electron chi connectivity index (χ2n) is 3.81. The van der Waals surface area contributed by atoms with Gasteiger partial charge in [0.1, 0.15) is 0 Å². The lowest BCUT2D eigenvalue weighted by atomic mass is 10.00. The molecule has 0 spiro atoms. The summed E-state index contributed by atoms with van der Waals surface area (Å²) >= 11 is 0. The number of hydrogen-bond donors (Lipinski definition) is 2. The van der Waals surface area contributed by atoms with E-state index in [1.54, 1.807) is 4.90 Å². The third kappa shape index (κ3) is 1.06. The molecule has 1 heterocycles. The van der Waals surface area contributed by atoms with Gasteiger partial charge in [0.2, 0.25) is 0 Å². The van der Waals surface area contributed by atoms with E-state index < -0.39 is 0 Å². The van der Waals surface area contributed by atoms with E-state index in [1.165, 1.54) is 0 Å². The van der Waals surface area contributed by atoms with Gasteiger partial charge >= 0.3 is 6.03 Å². The fraction of sp³-hybridized carbons (Fsp3) is 0.875. The van der Waals surface area contributed by atoms with Gasteiger partial charge in [-0.3, -0.25) is 0 Å². The third-order valence-corrected chi connectivity index (χ3v) is 3.13. The Morgan fingerprint density at radius 1 is 1.42 bits per heavy atom. The highest BCUT2D eigenvalue weighted by Crippen LogP contribution is 2.37. The number of primary amides is 1. The number of hydrogen-bond acceptors (Lipinski definition) is 2. The molecule has 4 nitrogen and oxygen atoms in total. The molecule has 3 unspecified atom stereocenters. The van der Waals surface area contributed by atoms with Crippen molar-refractivity contribution in [1.82, 2.24) is 4.90 Å². The van der Waals surface area contributed by atoms with E-state index in [2.05, 4.69) is 0 Å². The van der Waals surface area contributed by atoms with Gasteiger partial charge in [0.05, 0.1) is 6.10 Å². The summed E-state index contributed by atoms with van der Waals surface area (Å²) in [6.45, 7) is 1.40.